The fourth-order valence-corrected chi connectivity index (χ4v) is 2.22. The van der Waals surface area contributed by atoms with E-state index in [0.717, 1.165) is 0 Å². The smallest absolute Gasteiger partial charge is 0.291 e. The molecule has 0 fully saturated rings. The molecule has 0 saturated heterocycles. The summed E-state index contributed by atoms with van der Waals surface area (Å²) in [7, 11) is 1.52. The van der Waals surface area contributed by atoms with Gasteiger partial charge in [-0.05, 0) is 36.4 Å². The average molecular weight is 354 g/mol. The summed E-state index contributed by atoms with van der Waals surface area (Å²) >= 11 is 0. The van der Waals surface area contributed by atoms with Gasteiger partial charge in [0.05, 0.1) is 0 Å². The maximum Gasteiger partial charge on any atom is 0.291 e. The van der Waals surface area contributed by atoms with E-state index in [1.165, 1.54) is 37.4 Å². The van der Waals surface area contributed by atoms with Gasteiger partial charge in [-0.2, -0.15) is 0 Å². The molecule has 6 nitrogen and oxygen atoms in total. The van der Waals surface area contributed by atoms with Crippen molar-refractivity contribution in [1.82, 2.24) is 5.32 Å². The first-order valence-electron chi connectivity index (χ1n) is 7.72. The van der Waals surface area contributed by atoms with Gasteiger partial charge in [0.25, 0.3) is 17.8 Å². The molecule has 0 atom stereocenters. The molecule has 0 aliphatic carbocycles. The van der Waals surface area contributed by atoms with Crippen LogP contribution in [0.5, 0.6) is 11.7 Å². The standard InChI is InChI=1S/C19H15FN2O4/c1-21-18(23)12-4-2-6-14(10-12)22-19(24)16-8-9-17(26-16)25-15-7-3-5-13(20)11-15/h2-11H,1H3,(H,21,23)(H,22,24). The number of ether oxygens (including phenoxy) is 1. The fraction of sp³-hybridized carbons (Fsp3) is 0.0526. The van der Waals surface area contributed by atoms with Gasteiger partial charge in [0.1, 0.15) is 11.6 Å². The highest BCUT2D eigenvalue weighted by atomic mass is 19.1. The molecule has 3 aromatic rings. The molecule has 26 heavy (non-hydrogen) atoms. The number of amides is 2. The third kappa shape index (κ3) is 4.07. The Balaban J connectivity index is 1.69. The predicted octanol–water partition coefficient (Wildman–Crippen LogP) is 3.82. The third-order valence-electron chi connectivity index (χ3n) is 3.43. The van der Waals surface area contributed by atoms with E-state index in [2.05, 4.69) is 10.6 Å². The molecule has 7 heteroatoms. The van der Waals surface area contributed by atoms with Crippen molar-refractivity contribution < 1.29 is 23.1 Å². The molecule has 0 radical (unpaired) electrons. The molecule has 0 aliphatic rings. The molecule has 2 N–H and O–H groups in total. The minimum atomic E-state index is -0.506. The molecule has 132 valence electrons. The van der Waals surface area contributed by atoms with Crippen LogP contribution in [0.4, 0.5) is 10.1 Å². The molecule has 3 rings (SSSR count). The van der Waals surface area contributed by atoms with Crippen LogP contribution in [0.25, 0.3) is 0 Å². The normalized spacial score (nSPS) is 10.2. The number of anilines is 1. The fourth-order valence-electron chi connectivity index (χ4n) is 2.22. The first-order chi connectivity index (χ1) is 12.5. The van der Waals surface area contributed by atoms with Gasteiger partial charge in [0, 0.05) is 30.4 Å². The number of carbonyl (C=O) groups is 2. The summed E-state index contributed by atoms with van der Waals surface area (Å²) in [6, 6.07) is 14.9. The van der Waals surface area contributed by atoms with Gasteiger partial charge >= 0.3 is 0 Å². The summed E-state index contributed by atoms with van der Waals surface area (Å²) in [6.07, 6.45) is 0. The van der Waals surface area contributed by atoms with Gasteiger partial charge in [-0.1, -0.05) is 12.1 Å². The molecule has 0 bridgehead atoms. The second-order valence-corrected chi connectivity index (χ2v) is 5.29. The van der Waals surface area contributed by atoms with E-state index >= 15 is 0 Å². The van der Waals surface area contributed by atoms with Crippen molar-refractivity contribution in [2.45, 2.75) is 0 Å². The van der Waals surface area contributed by atoms with Gasteiger partial charge in [0.15, 0.2) is 5.76 Å². The number of halogens is 1. The second kappa shape index (κ2) is 7.52. The van der Waals surface area contributed by atoms with E-state index in [-0.39, 0.29) is 23.4 Å². The Kier molecular flexibility index (Phi) is 4.98. The van der Waals surface area contributed by atoms with Crippen LogP contribution in [0.3, 0.4) is 0 Å². The summed E-state index contributed by atoms with van der Waals surface area (Å²) in [5.74, 6) is -0.882. The Morgan fingerprint density at radius 2 is 1.81 bits per heavy atom. The van der Waals surface area contributed by atoms with E-state index in [1.54, 1.807) is 30.3 Å². The van der Waals surface area contributed by atoms with Gasteiger partial charge in [-0.3, -0.25) is 9.59 Å². The first kappa shape index (κ1) is 17.2. The SMILES string of the molecule is CNC(=O)c1cccc(NC(=O)c2ccc(Oc3cccc(F)c3)o2)c1. The minimum absolute atomic E-state index is 0.0155. The van der Waals surface area contributed by atoms with Crippen LogP contribution in [0.2, 0.25) is 0 Å². The number of benzene rings is 2. The number of nitrogens with one attached hydrogen (secondary N) is 2. The van der Waals surface area contributed by atoms with Crippen molar-refractivity contribution >= 4 is 17.5 Å². The summed E-state index contributed by atoms with van der Waals surface area (Å²) in [4.78, 5) is 23.9. The van der Waals surface area contributed by atoms with Gasteiger partial charge in [-0.15, -0.1) is 0 Å². The summed E-state index contributed by atoms with van der Waals surface area (Å²) in [6.45, 7) is 0. The molecule has 2 amide bonds. The Labute approximate surface area is 148 Å². The number of rotatable bonds is 5. The first-order valence-corrected chi connectivity index (χ1v) is 7.72. The van der Waals surface area contributed by atoms with E-state index in [1.807, 2.05) is 0 Å². The lowest BCUT2D eigenvalue weighted by molar-refractivity contribution is 0.0960. The van der Waals surface area contributed by atoms with Crippen LogP contribution in [0.1, 0.15) is 20.9 Å². The van der Waals surface area contributed by atoms with E-state index in [0.29, 0.717) is 11.3 Å². The van der Waals surface area contributed by atoms with Crippen molar-refractivity contribution in [3.8, 4) is 11.7 Å². The highest BCUT2D eigenvalue weighted by Gasteiger charge is 2.14. The van der Waals surface area contributed by atoms with Crippen LogP contribution < -0.4 is 15.4 Å². The highest BCUT2D eigenvalue weighted by molar-refractivity contribution is 6.03. The van der Waals surface area contributed by atoms with Gasteiger partial charge in [-0.25, -0.2) is 4.39 Å². The molecule has 0 spiro atoms. The highest BCUT2D eigenvalue weighted by Crippen LogP contribution is 2.24. The van der Waals surface area contributed by atoms with E-state index in [9.17, 15) is 14.0 Å². The Bertz CT molecular complexity index is 952. The summed E-state index contributed by atoms with van der Waals surface area (Å²) < 4.78 is 23.8. The second-order valence-electron chi connectivity index (χ2n) is 5.29. The van der Waals surface area contributed by atoms with Crippen molar-refractivity contribution in [2.24, 2.45) is 0 Å². The topological polar surface area (TPSA) is 80.6 Å². The predicted molar refractivity (Wildman–Crippen MR) is 93.0 cm³/mol. The lowest BCUT2D eigenvalue weighted by Crippen LogP contribution is -2.18. The van der Waals surface area contributed by atoms with E-state index in [4.69, 9.17) is 9.15 Å². The van der Waals surface area contributed by atoms with Gasteiger partial charge in [0.2, 0.25) is 0 Å². The van der Waals surface area contributed by atoms with Crippen molar-refractivity contribution in [3.05, 3.63) is 77.8 Å². The molecule has 0 saturated carbocycles. The van der Waals surface area contributed by atoms with E-state index < -0.39 is 11.7 Å². The lowest BCUT2D eigenvalue weighted by Gasteiger charge is -2.06. The molecule has 0 unspecified atom stereocenters. The number of furan rings is 1. The van der Waals surface area contributed by atoms with Crippen molar-refractivity contribution in [3.63, 3.8) is 0 Å². The molecule has 0 aliphatic heterocycles. The molecule has 1 aromatic heterocycles. The average Bonchev–Trinajstić information content (AvgIpc) is 3.10. The third-order valence-corrected chi connectivity index (χ3v) is 3.43. The van der Waals surface area contributed by atoms with Crippen LogP contribution in [0, 0.1) is 5.82 Å². The molecular weight excluding hydrogens is 339 g/mol. The minimum Gasteiger partial charge on any atom is -0.426 e. The summed E-state index contributed by atoms with van der Waals surface area (Å²) in [5.41, 5.74) is 0.861. The van der Waals surface area contributed by atoms with Crippen molar-refractivity contribution in [2.75, 3.05) is 12.4 Å². The number of hydrogen-bond donors (Lipinski definition) is 2. The van der Waals surface area contributed by atoms with Crippen molar-refractivity contribution in [1.29, 1.82) is 0 Å². The largest absolute Gasteiger partial charge is 0.426 e. The lowest BCUT2D eigenvalue weighted by atomic mass is 10.2. The van der Waals surface area contributed by atoms with Crippen LogP contribution in [-0.2, 0) is 0 Å². The zero-order valence-electron chi connectivity index (χ0n) is 13.8. The zero-order chi connectivity index (χ0) is 18.5. The molecular formula is C19H15FN2O4. The van der Waals surface area contributed by atoms with Gasteiger partial charge < -0.3 is 19.8 Å². The van der Waals surface area contributed by atoms with Crippen LogP contribution >= 0.6 is 0 Å². The number of hydrogen-bond acceptors (Lipinski definition) is 4. The summed E-state index contributed by atoms with van der Waals surface area (Å²) in [5, 5.41) is 5.15. The number of carbonyl (C=O) groups excluding carboxylic acids is 2. The Morgan fingerprint density at radius 3 is 2.58 bits per heavy atom. The maximum atomic E-state index is 13.2. The Hall–Kier alpha value is -3.61. The van der Waals surface area contributed by atoms with Crippen LogP contribution in [-0.4, -0.2) is 18.9 Å². The quantitative estimate of drug-likeness (QED) is 0.730. The molecule has 1 heterocycles. The molecule has 2 aromatic carbocycles. The van der Waals surface area contributed by atoms with Crippen LogP contribution in [0.15, 0.2) is 65.1 Å². The maximum absolute atomic E-state index is 13.2. The zero-order valence-corrected chi connectivity index (χ0v) is 13.8. The Morgan fingerprint density at radius 1 is 1.00 bits per heavy atom. The monoisotopic (exact) mass is 354 g/mol.